The third-order valence-electron chi connectivity index (χ3n) is 1.58. The van der Waals surface area contributed by atoms with Crippen molar-refractivity contribution >= 4 is 5.78 Å². The van der Waals surface area contributed by atoms with Crippen molar-refractivity contribution in [2.75, 3.05) is 0 Å². The third-order valence-corrected chi connectivity index (χ3v) is 3.95. The van der Waals surface area contributed by atoms with Crippen LogP contribution in [0.15, 0.2) is 10.6 Å². The summed E-state index contributed by atoms with van der Waals surface area (Å²) < 4.78 is 6.66. The van der Waals surface area contributed by atoms with E-state index >= 15 is 0 Å². The van der Waals surface area contributed by atoms with E-state index in [-0.39, 0.29) is 32.9 Å². The van der Waals surface area contributed by atoms with Crippen molar-refractivity contribution in [3.05, 3.63) is 15.5 Å². The van der Waals surface area contributed by atoms with Gasteiger partial charge in [-0.15, -0.1) is 0 Å². The Kier molecular flexibility index (Phi) is 4.10. The summed E-state index contributed by atoms with van der Waals surface area (Å²) in [5.74, 6) is 0.0537. The Hall–Kier alpha value is -0.390. The molecule has 14 heavy (non-hydrogen) atoms. The molecule has 0 N–H and O–H groups in total. The quantitative estimate of drug-likeness (QED) is 0.415. The van der Waals surface area contributed by atoms with Crippen LogP contribution in [0.1, 0.15) is 38.2 Å². The molecule has 1 aromatic rings. The van der Waals surface area contributed by atoms with Crippen LogP contribution in [0.25, 0.3) is 0 Å². The first kappa shape index (κ1) is 11.7. The summed E-state index contributed by atoms with van der Waals surface area (Å²) in [5.41, 5.74) is 0.482. The molecule has 4 heteroatoms. The molecule has 0 saturated carbocycles. The second-order valence-electron chi connectivity index (χ2n) is 3.66. The zero-order chi connectivity index (χ0) is 10.7. The first-order valence-corrected chi connectivity index (χ1v) is 6.97. The number of carbonyl (C=O) groups excluding carboxylic acids is 1. The van der Waals surface area contributed by atoms with Gasteiger partial charge in [-0.3, -0.25) is 0 Å². The Morgan fingerprint density at radius 2 is 2.07 bits per heavy atom. The minimum absolute atomic E-state index is 0.00907. The number of ketones is 1. The maximum absolute atomic E-state index is 11.5. The molecule has 0 aliphatic heterocycles. The first-order valence-electron chi connectivity index (χ1n) is 4.65. The fraction of sp³-hybridized carbons (Fsp3) is 0.600. The molecule has 0 bridgehead atoms. The summed E-state index contributed by atoms with van der Waals surface area (Å²) in [5, 5.41) is 3.79. The average molecular weight is 308 g/mol. The van der Waals surface area contributed by atoms with Gasteiger partial charge in [0.05, 0.1) is 0 Å². The van der Waals surface area contributed by atoms with E-state index in [0.717, 1.165) is 3.77 Å². The van der Waals surface area contributed by atoms with Crippen molar-refractivity contribution in [2.45, 2.75) is 31.6 Å². The topological polar surface area (TPSA) is 43.1 Å². The standard InChI is InChI=1S/C10H15INO2/c1-6(2)10(13)8-5-9(14-12-8)11-7(3)4/h5-7H,1-4H3/q-1. The average Bonchev–Trinajstić information content (AvgIpc) is 2.50. The summed E-state index contributed by atoms with van der Waals surface area (Å²) in [7, 11) is 0. The molecule has 3 nitrogen and oxygen atoms in total. The molecule has 1 heterocycles. The molecule has 0 amide bonds. The molecule has 0 fully saturated rings. The van der Waals surface area contributed by atoms with Crippen LogP contribution < -0.4 is 21.2 Å². The van der Waals surface area contributed by atoms with Gasteiger partial charge in [0.1, 0.15) is 0 Å². The summed E-state index contributed by atoms with van der Waals surface area (Å²) in [6.45, 7) is 8.04. The summed E-state index contributed by atoms with van der Waals surface area (Å²) in [6, 6.07) is 1.80. The van der Waals surface area contributed by atoms with E-state index in [9.17, 15) is 4.79 Å². The van der Waals surface area contributed by atoms with Crippen molar-refractivity contribution in [1.82, 2.24) is 5.16 Å². The number of carbonyl (C=O) groups is 1. The van der Waals surface area contributed by atoms with Crippen LogP contribution in [-0.4, -0.2) is 14.9 Å². The third kappa shape index (κ3) is 3.08. The Morgan fingerprint density at radius 3 is 2.57 bits per heavy atom. The Bertz CT molecular complexity index is 318. The minimum atomic E-state index is -0.139. The summed E-state index contributed by atoms with van der Waals surface area (Å²) >= 11 is -0.139. The maximum atomic E-state index is 11.5. The van der Waals surface area contributed by atoms with Gasteiger partial charge in [-0.1, -0.05) is 0 Å². The van der Waals surface area contributed by atoms with Crippen LogP contribution in [0.2, 0.25) is 0 Å². The molecule has 1 aromatic heterocycles. The number of nitrogens with zero attached hydrogens (tertiary/aromatic N) is 1. The fourth-order valence-electron chi connectivity index (χ4n) is 0.931. The molecule has 1 rings (SSSR count). The first-order chi connectivity index (χ1) is 6.50. The van der Waals surface area contributed by atoms with Crippen LogP contribution in [0, 0.1) is 9.68 Å². The van der Waals surface area contributed by atoms with Gasteiger partial charge in [0.25, 0.3) is 0 Å². The van der Waals surface area contributed by atoms with E-state index in [1.165, 1.54) is 0 Å². The predicted molar refractivity (Wildman–Crippen MR) is 49.5 cm³/mol. The van der Waals surface area contributed by atoms with Crippen molar-refractivity contribution < 1.29 is 30.5 Å². The van der Waals surface area contributed by atoms with Gasteiger partial charge in [0.2, 0.25) is 0 Å². The zero-order valence-corrected chi connectivity index (χ0v) is 11.0. The van der Waals surface area contributed by atoms with E-state index in [0.29, 0.717) is 9.62 Å². The number of rotatable bonds is 4. The molecule has 0 aromatic carbocycles. The molecular weight excluding hydrogens is 293 g/mol. The summed E-state index contributed by atoms with van der Waals surface area (Å²) in [6.07, 6.45) is 0. The molecular formula is C10H15INO2-. The molecule has 80 valence electrons. The SMILES string of the molecule is CC(C)[I-]c1cc(C(=O)C(C)C)no1. The number of hydrogen-bond donors (Lipinski definition) is 0. The second kappa shape index (κ2) is 4.91. The van der Waals surface area contributed by atoms with Crippen LogP contribution in [0.5, 0.6) is 0 Å². The Balaban J connectivity index is 2.73. The van der Waals surface area contributed by atoms with E-state index in [1.807, 2.05) is 13.8 Å². The van der Waals surface area contributed by atoms with Crippen molar-refractivity contribution in [2.24, 2.45) is 5.92 Å². The zero-order valence-electron chi connectivity index (χ0n) is 8.87. The molecule has 0 unspecified atom stereocenters. The van der Waals surface area contributed by atoms with Crippen molar-refractivity contribution in [3.63, 3.8) is 0 Å². The second-order valence-corrected chi connectivity index (χ2v) is 7.84. The van der Waals surface area contributed by atoms with Gasteiger partial charge in [0.15, 0.2) is 0 Å². The number of hydrogen-bond acceptors (Lipinski definition) is 3. The predicted octanol–water partition coefficient (Wildman–Crippen LogP) is -0.820. The van der Waals surface area contributed by atoms with E-state index in [1.54, 1.807) is 6.07 Å². The van der Waals surface area contributed by atoms with E-state index in [4.69, 9.17) is 4.52 Å². The number of aromatic nitrogens is 1. The Labute approximate surface area is 94.5 Å². The van der Waals surface area contributed by atoms with Crippen molar-refractivity contribution in [3.8, 4) is 0 Å². The monoisotopic (exact) mass is 308 g/mol. The van der Waals surface area contributed by atoms with Gasteiger partial charge < -0.3 is 0 Å². The van der Waals surface area contributed by atoms with Gasteiger partial charge >= 0.3 is 94.5 Å². The normalized spacial score (nSPS) is 11.6. The molecule has 0 saturated heterocycles. The van der Waals surface area contributed by atoms with Gasteiger partial charge in [0, 0.05) is 0 Å². The molecule has 0 aliphatic rings. The Morgan fingerprint density at radius 1 is 1.43 bits per heavy atom. The summed E-state index contributed by atoms with van der Waals surface area (Å²) in [4.78, 5) is 11.5. The molecule has 0 radical (unpaired) electrons. The number of alkyl halides is 1. The number of halogens is 1. The molecule has 0 atom stereocenters. The van der Waals surface area contributed by atoms with E-state index in [2.05, 4.69) is 19.0 Å². The van der Waals surface area contributed by atoms with E-state index < -0.39 is 0 Å². The van der Waals surface area contributed by atoms with Crippen LogP contribution in [0.3, 0.4) is 0 Å². The van der Waals surface area contributed by atoms with Crippen LogP contribution >= 0.6 is 0 Å². The van der Waals surface area contributed by atoms with Crippen LogP contribution in [-0.2, 0) is 0 Å². The van der Waals surface area contributed by atoms with Gasteiger partial charge in [-0.25, -0.2) is 0 Å². The van der Waals surface area contributed by atoms with Crippen molar-refractivity contribution in [1.29, 1.82) is 0 Å². The van der Waals surface area contributed by atoms with Crippen LogP contribution in [0.4, 0.5) is 0 Å². The molecule has 0 spiro atoms. The fourth-order valence-corrected chi connectivity index (χ4v) is 2.85. The molecule has 0 aliphatic carbocycles. The number of Topliss-reactive ketones (excluding diaryl/α,β-unsaturated/α-hetero) is 1. The van der Waals surface area contributed by atoms with Gasteiger partial charge in [-0.2, -0.15) is 0 Å². The van der Waals surface area contributed by atoms with Gasteiger partial charge in [-0.05, 0) is 0 Å².